The first kappa shape index (κ1) is 15.4. The van der Waals surface area contributed by atoms with Crippen molar-refractivity contribution in [1.82, 2.24) is 10.1 Å². The predicted molar refractivity (Wildman–Crippen MR) is 86.1 cm³/mol. The Morgan fingerprint density at radius 3 is 2.68 bits per heavy atom. The molecule has 3 rings (SSSR count). The van der Waals surface area contributed by atoms with Crippen molar-refractivity contribution < 1.29 is 9.26 Å². The molecule has 0 saturated heterocycles. The topological polar surface area (TPSA) is 74.2 Å². The van der Waals surface area contributed by atoms with Gasteiger partial charge in [0.25, 0.3) is 0 Å². The summed E-state index contributed by atoms with van der Waals surface area (Å²) in [5.74, 6) is 3.11. The van der Waals surface area contributed by atoms with Gasteiger partial charge in [0.15, 0.2) is 5.82 Å². The van der Waals surface area contributed by atoms with Crippen LogP contribution in [0.15, 0.2) is 33.7 Å². The van der Waals surface area contributed by atoms with Crippen molar-refractivity contribution in [2.75, 3.05) is 12.9 Å². The van der Waals surface area contributed by atoms with Crippen LogP contribution in [0.1, 0.15) is 37.4 Å². The minimum absolute atomic E-state index is 0.370. The molecule has 0 spiro atoms. The van der Waals surface area contributed by atoms with Gasteiger partial charge in [0.2, 0.25) is 5.89 Å². The highest BCUT2D eigenvalue weighted by Gasteiger charge is 2.35. The quantitative estimate of drug-likeness (QED) is 0.825. The van der Waals surface area contributed by atoms with Gasteiger partial charge in [-0.25, -0.2) is 0 Å². The van der Waals surface area contributed by atoms with E-state index < -0.39 is 0 Å². The third-order valence-electron chi connectivity index (χ3n) is 4.05. The van der Waals surface area contributed by atoms with Gasteiger partial charge in [0.05, 0.1) is 12.6 Å². The van der Waals surface area contributed by atoms with Crippen LogP contribution in [-0.2, 0) is 12.0 Å². The summed E-state index contributed by atoms with van der Waals surface area (Å²) in [5.41, 5.74) is 5.97. The van der Waals surface area contributed by atoms with Crippen LogP contribution in [0, 0.1) is 0 Å². The molecule has 1 aromatic heterocycles. The van der Waals surface area contributed by atoms with E-state index in [-0.39, 0.29) is 5.54 Å². The van der Waals surface area contributed by atoms with Crippen LogP contribution < -0.4 is 10.5 Å². The molecule has 6 heteroatoms. The number of nitrogens with zero attached hydrogens (tertiary/aromatic N) is 2. The maximum Gasteiger partial charge on any atom is 0.227 e. The summed E-state index contributed by atoms with van der Waals surface area (Å²) in [5, 5.41) is 4.08. The molecule has 1 heterocycles. The van der Waals surface area contributed by atoms with Crippen LogP contribution in [0.2, 0.25) is 0 Å². The number of hydrogen-bond donors (Lipinski definition) is 1. The molecule has 2 aromatic rings. The van der Waals surface area contributed by atoms with Gasteiger partial charge in [-0.05, 0) is 37.1 Å². The van der Waals surface area contributed by atoms with Crippen molar-refractivity contribution in [3.63, 3.8) is 0 Å². The predicted octanol–water partition coefficient (Wildman–Crippen LogP) is 3.14. The van der Waals surface area contributed by atoms with Crippen LogP contribution in [0.5, 0.6) is 5.75 Å². The third-order valence-corrected chi connectivity index (χ3v) is 5.07. The fraction of sp³-hybridized carbons (Fsp3) is 0.500. The summed E-state index contributed by atoms with van der Waals surface area (Å²) in [6, 6.07) is 8.03. The van der Waals surface area contributed by atoms with Gasteiger partial charge in [-0.3, -0.25) is 0 Å². The van der Waals surface area contributed by atoms with Gasteiger partial charge in [-0.1, -0.05) is 18.0 Å². The zero-order valence-electron chi connectivity index (χ0n) is 12.7. The lowest BCUT2D eigenvalue weighted by atomic mass is 9.99. The first-order valence-electron chi connectivity index (χ1n) is 7.58. The van der Waals surface area contributed by atoms with E-state index in [1.807, 2.05) is 12.1 Å². The third kappa shape index (κ3) is 3.44. The Bertz CT molecular complexity index is 606. The van der Waals surface area contributed by atoms with E-state index in [0.717, 1.165) is 43.6 Å². The zero-order chi connectivity index (χ0) is 15.4. The normalized spacial score (nSPS) is 16.8. The van der Waals surface area contributed by atoms with Gasteiger partial charge in [0, 0.05) is 17.1 Å². The second-order valence-electron chi connectivity index (χ2n) is 5.65. The maximum absolute atomic E-state index is 6.34. The van der Waals surface area contributed by atoms with E-state index in [4.69, 9.17) is 15.0 Å². The van der Waals surface area contributed by atoms with E-state index in [1.165, 1.54) is 4.90 Å². The van der Waals surface area contributed by atoms with Gasteiger partial charge in [-0.15, -0.1) is 11.8 Å². The molecule has 1 aliphatic carbocycles. The molecule has 1 fully saturated rings. The molecule has 2 N–H and O–H groups in total. The molecule has 0 bridgehead atoms. The number of nitrogens with two attached hydrogens (primary N) is 1. The lowest BCUT2D eigenvalue weighted by Gasteiger charge is -2.17. The Morgan fingerprint density at radius 1 is 1.27 bits per heavy atom. The first-order chi connectivity index (χ1) is 10.7. The molecular weight excluding hydrogens is 298 g/mol. The van der Waals surface area contributed by atoms with E-state index in [9.17, 15) is 0 Å². The van der Waals surface area contributed by atoms with Gasteiger partial charge in [-0.2, -0.15) is 4.98 Å². The van der Waals surface area contributed by atoms with Gasteiger partial charge >= 0.3 is 0 Å². The van der Waals surface area contributed by atoms with Crippen molar-refractivity contribution >= 4 is 11.8 Å². The molecule has 0 atom stereocenters. The highest BCUT2D eigenvalue weighted by molar-refractivity contribution is 7.99. The largest absolute Gasteiger partial charge is 0.497 e. The van der Waals surface area contributed by atoms with E-state index in [1.54, 1.807) is 18.9 Å². The maximum atomic E-state index is 6.34. The van der Waals surface area contributed by atoms with E-state index in [2.05, 4.69) is 22.3 Å². The van der Waals surface area contributed by atoms with Gasteiger partial charge in [0.1, 0.15) is 5.75 Å². The summed E-state index contributed by atoms with van der Waals surface area (Å²) in [6.07, 6.45) is 4.94. The lowest BCUT2D eigenvalue weighted by molar-refractivity contribution is 0.351. The van der Waals surface area contributed by atoms with Crippen molar-refractivity contribution in [1.29, 1.82) is 0 Å². The molecule has 0 unspecified atom stereocenters. The monoisotopic (exact) mass is 319 g/mol. The Morgan fingerprint density at radius 2 is 2.00 bits per heavy atom. The average Bonchev–Trinajstić information content (AvgIpc) is 3.18. The number of aryl methyl sites for hydroxylation is 1. The van der Waals surface area contributed by atoms with E-state index >= 15 is 0 Å². The minimum atomic E-state index is -0.370. The number of thioether (sulfide) groups is 1. The number of methoxy groups -OCH3 is 1. The molecule has 22 heavy (non-hydrogen) atoms. The SMILES string of the molecule is COc1ccc(SCCc2nc(C3(N)CCCC3)no2)cc1. The van der Waals surface area contributed by atoms with Crippen molar-refractivity contribution in [3.8, 4) is 5.75 Å². The summed E-state index contributed by atoms with van der Waals surface area (Å²) in [4.78, 5) is 5.69. The molecule has 0 amide bonds. The first-order valence-corrected chi connectivity index (χ1v) is 8.57. The molecule has 1 aliphatic rings. The highest BCUT2D eigenvalue weighted by atomic mass is 32.2. The fourth-order valence-corrected chi connectivity index (χ4v) is 3.56. The molecule has 0 radical (unpaired) electrons. The molecule has 5 nitrogen and oxygen atoms in total. The van der Waals surface area contributed by atoms with Gasteiger partial charge < -0.3 is 15.0 Å². The summed E-state index contributed by atoms with van der Waals surface area (Å²) in [7, 11) is 1.67. The fourth-order valence-electron chi connectivity index (χ4n) is 2.72. The molecule has 0 aliphatic heterocycles. The highest BCUT2D eigenvalue weighted by Crippen LogP contribution is 2.34. The van der Waals surface area contributed by atoms with Crippen LogP contribution >= 0.6 is 11.8 Å². The Kier molecular flexibility index (Phi) is 4.69. The van der Waals surface area contributed by atoms with Crippen molar-refractivity contribution in [3.05, 3.63) is 36.0 Å². The van der Waals surface area contributed by atoms with Crippen molar-refractivity contribution in [2.45, 2.75) is 42.5 Å². The number of hydrogen-bond acceptors (Lipinski definition) is 6. The summed E-state index contributed by atoms with van der Waals surface area (Å²) in [6.45, 7) is 0. The van der Waals surface area contributed by atoms with Crippen LogP contribution in [0.25, 0.3) is 0 Å². The Balaban J connectivity index is 1.52. The number of rotatable bonds is 6. The molecular formula is C16H21N3O2S. The molecule has 1 aromatic carbocycles. The Hall–Kier alpha value is -1.53. The minimum Gasteiger partial charge on any atom is -0.497 e. The molecule has 118 valence electrons. The van der Waals surface area contributed by atoms with Crippen molar-refractivity contribution in [2.24, 2.45) is 5.73 Å². The lowest BCUT2D eigenvalue weighted by Crippen LogP contribution is -2.34. The van der Waals surface area contributed by atoms with Crippen LogP contribution in [0.3, 0.4) is 0 Å². The average molecular weight is 319 g/mol. The number of ether oxygens (including phenoxy) is 1. The Labute approximate surface area is 134 Å². The van der Waals surface area contributed by atoms with E-state index in [0.29, 0.717) is 11.7 Å². The smallest absolute Gasteiger partial charge is 0.227 e. The summed E-state index contributed by atoms with van der Waals surface area (Å²) >= 11 is 1.76. The van der Waals surface area contributed by atoms with Crippen LogP contribution in [0.4, 0.5) is 0 Å². The van der Waals surface area contributed by atoms with Crippen LogP contribution in [-0.4, -0.2) is 23.0 Å². The second-order valence-corrected chi connectivity index (χ2v) is 6.82. The zero-order valence-corrected chi connectivity index (χ0v) is 13.6. The second kappa shape index (κ2) is 6.71. The number of benzene rings is 1. The number of aromatic nitrogens is 2. The summed E-state index contributed by atoms with van der Waals surface area (Å²) < 4.78 is 10.5. The molecule has 1 saturated carbocycles. The standard InChI is InChI=1S/C16H21N3O2S/c1-20-12-4-6-13(7-5-12)22-11-8-14-18-15(19-21-14)16(17)9-2-3-10-16/h4-7H,2-3,8-11,17H2,1H3.